The van der Waals surface area contributed by atoms with Crippen molar-refractivity contribution in [1.82, 2.24) is 0 Å². The van der Waals surface area contributed by atoms with Gasteiger partial charge < -0.3 is 0 Å². The van der Waals surface area contributed by atoms with E-state index in [1.165, 1.54) is 0 Å². The van der Waals surface area contributed by atoms with E-state index in [9.17, 15) is 9.59 Å². The van der Waals surface area contributed by atoms with Crippen molar-refractivity contribution < 1.29 is 9.59 Å². The Morgan fingerprint density at radius 3 is 2.15 bits per heavy atom. The summed E-state index contributed by atoms with van der Waals surface area (Å²) in [5.41, 5.74) is 4.89. The third-order valence-electron chi connectivity index (χ3n) is 4.59. The summed E-state index contributed by atoms with van der Waals surface area (Å²) in [6, 6.07) is 16.8. The molecule has 0 saturated heterocycles. The van der Waals surface area contributed by atoms with Crippen LogP contribution in [0.25, 0.3) is 0 Å². The largest absolute Gasteiger partial charge is 0.295 e. The van der Waals surface area contributed by atoms with E-state index in [2.05, 4.69) is 6.58 Å². The molecule has 0 saturated carbocycles. The maximum absolute atomic E-state index is 12.7. The molecule has 138 valence electrons. The zero-order valence-electron chi connectivity index (χ0n) is 16.5. The average molecular weight is 358 g/mol. The highest BCUT2D eigenvalue weighted by Crippen LogP contribution is 2.22. The Morgan fingerprint density at radius 1 is 0.926 bits per heavy atom. The van der Waals surface area contributed by atoms with Gasteiger partial charge in [0.1, 0.15) is 0 Å². The number of Topliss-reactive ketones (excluding diaryl/α,β-unsaturated/α-hetero) is 1. The maximum Gasteiger partial charge on any atom is 0.193 e. The molecule has 1 unspecified atom stereocenters. The number of benzene rings is 2. The third-order valence-corrected chi connectivity index (χ3v) is 4.59. The van der Waals surface area contributed by atoms with Crippen molar-refractivity contribution in [3.63, 3.8) is 0 Å². The van der Waals surface area contributed by atoms with Gasteiger partial charge in [0.15, 0.2) is 11.6 Å². The summed E-state index contributed by atoms with van der Waals surface area (Å²) in [6.07, 6.45) is 3.82. The third kappa shape index (κ3) is 5.49. The van der Waals surface area contributed by atoms with Gasteiger partial charge in [-0.2, -0.15) is 0 Å². The summed E-state index contributed by atoms with van der Waals surface area (Å²) in [5.74, 6) is 0.0130. The molecule has 0 aliphatic rings. The van der Waals surface area contributed by atoms with Gasteiger partial charge in [0.2, 0.25) is 0 Å². The lowest BCUT2D eigenvalue weighted by molar-refractivity contribution is -0.113. The molecule has 0 aliphatic carbocycles. The number of rotatable bonds is 7. The van der Waals surface area contributed by atoms with Crippen LogP contribution >= 0.6 is 0 Å². The Labute approximate surface area is 161 Å². The fourth-order valence-corrected chi connectivity index (χ4v) is 2.71. The molecule has 0 aliphatic heterocycles. The van der Waals surface area contributed by atoms with Gasteiger partial charge >= 0.3 is 0 Å². The average Bonchev–Trinajstić information content (AvgIpc) is 2.67. The molecule has 0 bridgehead atoms. The first kappa shape index (κ1) is 20.3. The molecular weight excluding hydrogens is 332 g/mol. The molecule has 2 nitrogen and oxygen atoms in total. The van der Waals surface area contributed by atoms with Gasteiger partial charge in [0.25, 0.3) is 0 Å². The summed E-state index contributed by atoms with van der Waals surface area (Å²) in [5, 5.41) is 0. The summed E-state index contributed by atoms with van der Waals surface area (Å²) >= 11 is 0. The van der Waals surface area contributed by atoms with Crippen molar-refractivity contribution in [2.24, 2.45) is 0 Å². The molecule has 0 heterocycles. The predicted molar refractivity (Wildman–Crippen MR) is 112 cm³/mol. The molecule has 2 rings (SSSR count). The van der Waals surface area contributed by atoms with E-state index in [1.54, 1.807) is 6.92 Å². The minimum absolute atomic E-state index is 0.00144. The van der Waals surface area contributed by atoms with Gasteiger partial charge in [-0.1, -0.05) is 73.7 Å². The smallest absolute Gasteiger partial charge is 0.193 e. The molecule has 27 heavy (non-hydrogen) atoms. The second kappa shape index (κ2) is 9.09. The highest BCUT2D eigenvalue weighted by atomic mass is 16.1. The highest BCUT2D eigenvalue weighted by Gasteiger charge is 2.12. The van der Waals surface area contributed by atoms with Gasteiger partial charge in [0, 0.05) is 22.6 Å². The summed E-state index contributed by atoms with van der Waals surface area (Å²) in [6.45, 7) is 11.4. The van der Waals surface area contributed by atoms with Crippen LogP contribution in [0.5, 0.6) is 0 Å². The molecule has 2 aromatic rings. The minimum atomic E-state index is -0.00144. The Balaban J connectivity index is 2.34. The van der Waals surface area contributed by atoms with Gasteiger partial charge in [-0.15, -0.1) is 0 Å². The van der Waals surface area contributed by atoms with E-state index in [1.807, 2.05) is 87.5 Å². The van der Waals surface area contributed by atoms with E-state index in [-0.39, 0.29) is 17.5 Å². The van der Waals surface area contributed by atoms with Gasteiger partial charge in [0.05, 0.1) is 0 Å². The Kier molecular flexibility index (Phi) is 6.84. The Morgan fingerprint density at radius 2 is 1.56 bits per heavy atom. The van der Waals surface area contributed by atoms with Crippen molar-refractivity contribution in [3.05, 3.63) is 107 Å². The van der Waals surface area contributed by atoms with E-state index in [0.29, 0.717) is 16.7 Å². The molecule has 2 heteroatoms. The number of hydrogen-bond acceptors (Lipinski definition) is 2. The van der Waals surface area contributed by atoms with E-state index in [0.717, 1.165) is 16.7 Å². The van der Waals surface area contributed by atoms with E-state index >= 15 is 0 Å². The first-order valence-corrected chi connectivity index (χ1v) is 9.06. The molecule has 0 spiro atoms. The maximum atomic E-state index is 12.7. The van der Waals surface area contributed by atoms with Crippen molar-refractivity contribution >= 4 is 11.6 Å². The minimum Gasteiger partial charge on any atom is -0.295 e. The molecule has 0 fully saturated rings. The number of carbonyl (C=O) groups excluding carboxylic acids is 2. The Hall–Kier alpha value is -3.00. The monoisotopic (exact) mass is 358 g/mol. The van der Waals surface area contributed by atoms with Crippen molar-refractivity contribution in [2.45, 2.75) is 33.6 Å². The zero-order chi connectivity index (χ0) is 20.0. The lowest BCUT2D eigenvalue weighted by Gasteiger charge is -2.11. The van der Waals surface area contributed by atoms with E-state index in [4.69, 9.17) is 0 Å². The second-order valence-electron chi connectivity index (χ2n) is 6.90. The molecule has 0 radical (unpaired) electrons. The molecule has 0 amide bonds. The van der Waals surface area contributed by atoms with Crippen molar-refractivity contribution in [2.75, 3.05) is 0 Å². The van der Waals surface area contributed by atoms with Crippen LogP contribution in [0, 0.1) is 0 Å². The predicted octanol–water partition coefficient (Wildman–Crippen LogP) is 6.06. The van der Waals surface area contributed by atoms with Gasteiger partial charge in [-0.3, -0.25) is 9.59 Å². The van der Waals surface area contributed by atoms with Crippen LogP contribution < -0.4 is 0 Å². The number of allylic oxidation sites excluding steroid dienone is 5. The van der Waals surface area contributed by atoms with Gasteiger partial charge in [-0.25, -0.2) is 0 Å². The zero-order valence-corrected chi connectivity index (χ0v) is 16.5. The van der Waals surface area contributed by atoms with Crippen molar-refractivity contribution in [3.8, 4) is 0 Å². The van der Waals surface area contributed by atoms with Crippen LogP contribution in [0.1, 0.15) is 55.1 Å². The summed E-state index contributed by atoms with van der Waals surface area (Å²) in [4.78, 5) is 24.7. The van der Waals surface area contributed by atoms with Crippen LogP contribution in [-0.2, 0) is 4.79 Å². The fraction of sp³-hybridized carbons (Fsp3) is 0.200. The van der Waals surface area contributed by atoms with Crippen LogP contribution in [0.2, 0.25) is 0 Å². The number of hydrogen-bond donors (Lipinski definition) is 0. The molecule has 1 atom stereocenters. The standard InChI is InChI=1S/C25H26O2/c1-17(2)18(3)14-24(20(5)26)15-19(4)22-12-9-13-23(16-22)25(27)21-10-7-6-8-11-21/h6-16,19H,1H2,2-5H3. The van der Waals surface area contributed by atoms with Gasteiger partial charge in [-0.05, 0) is 44.1 Å². The SMILES string of the molecule is C=C(C)C(C)=CC(=CC(C)c1cccc(C(=O)c2ccccc2)c1)C(C)=O. The quantitative estimate of drug-likeness (QED) is 0.342. The van der Waals surface area contributed by atoms with Crippen LogP contribution in [0.3, 0.4) is 0 Å². The topological polar surface area (TPSA) is 34.1 Å². The second-order valence-corrected chi connectivity index (χ2v) is 6.90. The normalized spacial score (nSPS) is 13.2. The summed E-state index contributed by atoms with van der Waals surface area (Å²) < 4.78 is 0. The Bertz CT molecular complexity index is 914. The molecule has 2 aromatic carbocycles. The summed E-state index contributed by atoms with van der Waals surface area (Å²) in [7, 11) is 0. The van der Waals surface area contributed by atoms with E-state index < -0.39 is 0 Å². The van der Waals surface area contributed by atoms with Crippen LogP contribution in [0.15, 0.2) is 90.0 Å². The lowest BCUT2D eigenvalue weighted by Crippen LogP contribution is -2.03. The lowest BCUT2D eigenvalue weighted by atomic mass is 9.93. The van der Waals surface area contributed by atoms with Crippen molar-refractivity contribution in [1.29, 1.82) is 0 Å². The fourth-order valence-electron chi connectivity index (χ4n) is 2.71. The number of ketones is 2. The highest BCUT2D eigenvalue weighted by molar-refractivity contribution is 6.09. The molecule has 0 aromatic heterocycles. The first-order chi connectivity index (χ1) is 12.8. The van der Waals surface area contributed by atoms with Crippen LogP contribution in [0.4, 0.5) is 0 Å². The molecular formula is C25H26O2. The number of carbonyl (C=O) groups is 2. The van der Waals surface area contributed by atoms with Crippen LogP contribution in [-0.4, -0.2) is 11.6 Å². The molecule has 0 N–H and O–H groups in total. The first-order valence-electron chi connectivity index (χ1n) is 9.06.